The summed E-state index contributed by atoms with van der Waals surface area (Å²) in [5.74, 6) is 0. The molecule has 2 aliphatic heterocycles. The molecule has 0 atom stereocenters. The Morgan fingerprint density at radius 1 is 0.375 bits per heavy atom. The summed E-state index contributed by atoms with van der Waals surface area (Å²) in [5, 5.41) is 5.76. The summed E-state index contributed by atoms with van der Waals surface area (Å²) >= 11 is 2.17. The van der Waals surface area contributed by atoms with Crippen molar-refractivity contribution in [3.05, 3.63) is 185 Å². The van der Waals surface area contributed by atoms with Crippen molar-refractivity contribution in [1.29, 1.82) is 0 Å². The van der Waals surface area contributed by atoms with Gasteiger partial charge in [-0.05, 0) is 0 Å². The Labute approximate surface area is 431 Å². The van der Waals surface area contributed by atoms with Gasteiger partial charge in [0.05, 0.1) is 0 Å². The predicted octanol–water partition coefficient (Wildman–Crippen LogP) is 11.5. The van der Waals surface area contributed by atoms with Gasteiger partial charge in [0.25, 0.3) is 0 Å². The number of aryl methyl sites for hydroxylation is 4. The van der Waals surface area contributed by atoms with Crippen molar-refractivity contribution in [3.8, 4) is 22.7 Å². The molecule has 0 spiro atoms. The third-order valence-electron chi connectivity index (χ3n) is 18.0. The van der Waals surface area contributed by atoms with E-state index in [2.05, 4.69) is 170 Å². The first-order valence-corrected chi connectivity index (χ1v) is 29.6. The Morgan fingerprint density at radius 2 is 0.833 bits per heavy atom. The second-order valence-electron chi connectivity index (χ2n) is 21.7. The molecule has 7 heteroatoms. The number of rotatable bonds is 4. The summed E-state index contributed by atoms with van der Waals surface area (Å²) in [6.45, 7) is 0.109. The second-order valence-corrected chi connectivity index (χ2v) is 25.0. The van der Waals surface area contributed by atoms with Crippen LogP contribution in [0.4, 0.5) is 0 Å². The van der Waals surface area contributed by atoms with Crippen LogP contribution in [0.5, 0.6) is 0 Å². The predicted molar refractivity (Wildman–Crippen MR) is 302 cm³/mol. The first kappa shape index (κ1) is 41.1. The molecule has 4 aliphatic carbocycles. The van der Waals surface area contributed by atoms with Crippen LogP contribution in [0.15, 0.2) is 149 Å². The Hall–Kier alpha value is -6.37. The molecule has 11 aromatic rings. The molecule has 4 nitrogen and oxygen atoms in total. The Balaban J connectivity index is 0.965. The first-order chi connectivity index (χ1) is 35.7. The van der Waals surface area contributed by atoms with Gasteiger partial charge in [-0.2, -0.15) is 0 Å². The molecular formula is C65H53BN4SSe. The average molecular weight is 1010 g/mol. The normalized spacial score (nSPS) is 16.5. The number of hydrogen-bond acceptors (Lipinski definition) is 1. The molecule has 4 aromatic heterocycles. The molecule has 6 heterocycles. The molecule has 0 bridgehead atoms. The summed E-state index contributed by atoms with van der Waals surface area (Å²) in [4.78, 5) is 2.87. The Morgan fingerprint density at radius 3 is 1.44 bits per heavy atom. The standard InChI is InChI=1S/C65H53BN4SSe/c1-2-16-42-45-19-6-12-28-56(45)69(54(42)24-3-1)41-36-61-64-63(38-41)72-62-37-39(67-52-25-9-4-17-43(52)44-18-5-10-26-53(44)67)32-33-50(62)66(64)51-34-40(68-55-27-11-7-20-46(55)48-22-14-30-57(48)68)35-60(65(51)71-61)70-58-29-13-8-21-47(58)49-23-15-31-59(49)70/h4,6-9,11-13,17,19-21,25,27-29,32-38H,1-3,5,10,14-16,18,22-24,26,30-31H2. The number of nitrogens with zero attached hydrogens (tertiary/aromatic N) is 4. The van der Waals surface area contributed by atoms with E-state index in [1.54, 1.807) is 37.9 Å². The maximum atomic E-state index is 2.74. The van der Waals surface area contributed by atoms with E-state index in [9.17, 15) is 0 Å². The monoisotopic (exact) mass is 1010 g/mol. The van der Waals surface area contributed by atoms with Gasteiger partial charge in [0, 0.05) is 0 Å². The molecule has 0 N–H and O–H groups in total. The van der Waals surface area contributed by atoms with Crippen molar-refractivity contribution in [2.75, 3.05) is 0 Å². The molecule has 72 heavy (non-hydrogen) atoms. The third-order valence-corrected chi connectivity index (χ3v) is 21.6. The second kappa shape index (κ2) is 15.6. The van der Waals surface area contributed by atoms with E-state index < -0.39 is 0 Å². The minimum atomic E-state index is 0.0955. The van der Waals surface area contributed by atoms with Gasteiger partial charge in [-0.15, -0.1) is 0 Å². The molecule has 17 rings (SSSR count). The zero-order chi connectivity index (χ0) is 46.8. The van der Waals surface area contributed by atoms with E-state index in [0.29, 0.717) is 0 Å². The summed E-state index contributed by atoms with van der Waals surface area (Å²) in [6, 6.07) is 55.5. The van der Waals surface area contributed by atoms with Crippen LogP contribution >= 0.6 is 11.8 Å². The van der Waals surface area contributed by atoms with Crippen LogP contribution in [0.25, 0.3) is 66.4 Å². The van der Waals surface area contributed by atoms with Gasteiger partial charge in [0.15, 0.2) is 0 Å². The molecule has 0 radical (unpaired) electrons. The van der Waals surface area contributed by atoms with Crippen LogP contribution in [-0.4, -0.2) is 39.9 Å². The van der Waals surface area contributed by atoms with E-state index in [0.717, 1.165) is 38.5 Å². The fourth-order valence-corrected chi connectivity index (χ4v) is 19.1. The molecule has 6 aliphatic rings. The summed E-state index contributed by atoms with van der Waals surface area (Å²) in [6.07, 6.45) is 18.0. The molecule has 0 fully saturated rings. The fourth-order valence-electron chi connectivity index (χ4n) is 15.1. The van der Waals surface area contributed by atoms with Gasteiger partial charge in [-0.25, -0.2) is 0 Å². The average Bonchev–Trinajstić information content (AvgIpc) is 4.27. The van der Waals surface area contributed by atoms with Gasteiger partial charge >= 0.3 is 434 Å². The van der Waals surface area contributed by atoms with Crippen LogP contribution < -0.4 is 25.3 Å². The van der Waals surface area contributed by atoms with E-state index in [-0.39, 0.29) is 21.7 Å². The summed E-state index contributed by atoms with van der Waals surface area (Å²) in [5.41, 5.74) is 27.7. The van der Waals surface area contributed by atoms with Gasteiger partial charge < -0.3 is 0 Å². The van der Waals surface area contributed by atoms with Gasteiger partial charge in [0.1, 0.15) is 0 Å². The van der Waals surface area contributed by atoms with Crippen LogP contribution in [0.2, 0.25) is 0 Å². The van der Waals surface area contributed by atoms with Crippen LogP contribution in [0.1, 0.15) is 90.0 Å². The summed E-state index contributed by atoms with van der Waals surface area (Å²) < 4.78 is 13.9. The van der Waals surface area contributed by atoms with Crippen LogP contribution in [0.3, 0.4) is 0 Å². The van der Waals surface area contributed by atoms with E-state index in [1.807, 2.05) is 0 Å². The first-order valence-electron chi connectivity index (χ1n) is 27.1. The minimum absolute atomic E-state index is 0.0955. The number of benzene rings is 7. The zero-order valence-corrected chi connectivity index (χ0v) is 43.1. The molecule has 348 valence electrons. The quantitative estimate of drug-likeness (QED) is 0.127. The number of fused-ring (bicyclic) bond motifs is 16. The van der Waals surface area contributed by atoms with Crippen molar-refractivity contribution >= 4 is 102 Å². The molecule has 0 saturated heterocycles. The van der Waals surface area contributed by atoms with Gasteiger partial charge in [-0.3, -0.25) is 0 Å². The van der Waals surface area contributed by atoms with Crippen molar-refractivity contribution in [2.45, 2.75) is 106 Å². The summed E-state index contributed by atoms with van der Waals surface area (Å²) in [7, 11) is 0. The molecule has 7 aromatic carbocycles. The van der Waals surface area contributed by atoms with Crippen molar-refractivity contribution in [1.82, 2.24) is 18.3 Å². The topological polar surface area (TPSA) is 19.7 Å². The van der Waals surface area contributed by atoms with Crippen molar-refractivity contribution in [3.63, 3.8) is 0 Å². The molecule has 0 amide bonds. The fraction of sp³-hybridized carbons (Fsp3) is 0.231. The molecule has 0 unspecified atom stereocenters. The SMILES string of the molecule is c1ccc2c(c1)c1c(n2-c2cc3c4c(c2)[Se]c2cc(-n5c6c(c7ccccc75)CCCC6)ccc2B4c2cc(-n4c5c(c6ccccc64)CCC5)cc(-n4c5c(c6ccccc64)CCC5)c2S3)CCCCC1. The third kappa shape index (κ3) is 5.68. The van der Waals surface area contributed by atoms with Gasteiger partial charge in [0.2, 0.25) is 0 Å². The maximum absolute atomic E-state index is 2.74. The Bertz CT molecular complexity index is 4180. The van der Waals surface area contributed by atoms with E-state index in [4.69, 9.17) is 0 Å². The van der Waals surface area contributed by atoms with E-state index in [1.165, 1.54) is 166 Å². The zero-order valence-electron chi connectivity index (χ0n) is 40.6. The number of para-hydroxylation sites is 4. The Kier molecular flexibility index (Phi) is 8.90. The number of hydrogen-bond donors (Lipinski definition) is 0. The molecule has 0 saturated carbocycles. The van der Waals surface area contributed by atoms with E-state index >= 15 is 0 Å². The van der Waals surface area contributed by atoms with Crippen LogP contribution in [0, 0.1) is 0 Å². The van der Waals surface area contributed by atoms with Crippen LogP contribution in [-0.2, 0) is 51.4 Å². The number of aromatic nitrogens is 4. The van der Waals surface area contributed by atoms with Crippen molar-refractivity contribution in [2.24, 2.45) is 0 Å². The molecular weight excluding hydrogens is 959 g/mol. The van der Waals surface area contributed by atoms with Crippen molar-refractivity contribution < 1.29 is 0 Å². The van der Waals surface area contributed by atoms with Gasteiger partial charge in [-0.1, -0.05) is 0 Å².